The highest BCUT2D eigenvalue weighted by Gasteiger charge is 2.26. The summed E-state index contributed by atoms with van der Waals surface area (Å²) in [7, 11) is 1.61. The Kier molecular flexibility index (Phi) is 3.89. The molecule has 0 N–H and O–H groups in total. The minimum Gasteiger partial charge on any atom is -0.378 e. The average Bonchev–Trinajstić information content (AvgIpc) is 2.89. The van der Waals surface area contributed by atoms with Gasteiger partial charge in [-0.3, -0.25) is 9.48 Å². The summed E-state index contributed by atoms with van der Waals surface area (Å²) in [4.78, 5) is 14.2. The number of carbonyl (C=O) groups is 1. The number of ether oxygens (including phenoxy) is 1. The molecule has 0 radical (unpaired) electrons. The third-order valence-electron chi connectivity index (χ3n) is 3.56. The number of hydrogen-bond donors (Lipinski definition) is 0. The van der Waals surface area contributed by atoms with E-state index in [1.54, 1.807) is 11.9 Å². The van der Waals surface area contributed by atoms with Crippen LogP contribution in [0.15, 0.2) is 24.4 Å². The molecule has 1 saturated heterocycles. The summed E-state index contributed by atoms with van der Waals surface area (Å²) in [5.41, 5.74) is -0.0669. The van der Waals surface area contributed by atoms with Gasteiger partial charge in [0, 0.05) is 26.3 Å². The van der Waals surface area contributed by atoms with Crippen molar-refractivity contribution >= 4 is 5.91 Å². The molecule has 5 nitrogen and oxygen atoms in total. The maximum absolute atomic E-state index is 14.0. The van der Waals surface area contributed by atoms with E-state index in [1.807, 2.05) is 0 Å². The van der Waals surface area contributed by atoms with E-state index >= 15 is 0 Å². The summed E-state index contributed by atoms with van der Waals surface area (Å²) < 4.78 is 34.6. The molecular formula is C15H15F2N3O2. The normalized spacial score (nSPS) is 15.1. The van der Waals surface area contributed by atoms with Crippen LogP contribution in [0.4, 0.5) is 8.78 Å². The van der Waals surface area contributed by atoms with Crippen molar-refractivity contribution in [3.05, 3.63) is 41.6 Å². The highest BCUT2D eigenvalue weighted by molar-refractivity contribution is 6.00. The van der Waals surface area contributed by atoms with Gasteiger partial charge < -0.3 is 9.64 Å². The molecule has 1 aliphatic heterocycles. The van der Waals surface area contributed by atoms with E-state index in [1.165, 1.54) is 16.9 Å². The largest absolute Gasteiger partial charge is 0.378 e. The second-order valence-corrected chi connectivity index (χ2v) is 5.07. The Morgan fingerprint density at radius 2 is 1.86 bits per heavy atom. The van der Waals surface area contributed by atoms with Gasteiger partial charge in [0.2, 0.25) is 0 Å². The van der Waals surface area contributed by atoms with Crippen LogP contribution in [0.25, 0.3) is 11.3 Å². The molecule has 0 unspecified atom stereocenters. The maximum atomic E-state index is 14.0. The highest BCUT2D eigenvalue weighted by Crippen LogP contribution is 2.28. The fourth-order valence-corrected chi connectivity index (χ4v) is 2.49. The topological polar surface area (TPSA) is 47.4 Å². The van der Waals surface area contributed by atoms with E-state index in [0.29, 0.717) is 26.3 Å². The van der Waals surface area contributed by atoms with Crippen LogP contribution >= 0.6 is 0 Å². The van der Waals surface area contributed by atoms with Gasteiger partial charge in [0.15, 0.2) is 0 Å². The minimum atomic E-state index is -0.741. The molecular weight excluding hydrogens is 292 g/mol. The SMILES string of the molecule is Cn1cc(C(=O)N2CCOCC2)c(-c2c(F)cccc2F)n1. The predicted molar refractivity (Wildman–Crippen MR) is 75.3 cm³/mol. The van der Waals surface area contributed by atoms with Gasteiger partial charge in [-0.05, 0) is 12.1 Å². The number of benzene rings is 1. The number of hydrogen-bond acceptors (Lipinski definition) is 3. The molecule has 2 heterocycles. The Morgan fingerprint density at radius 3 is 2.50 bits per heavy atom. The standard InChI is InChI=1S/C15H15F2N3O2/c1-19-9-10(15(21)20-5-7-22-8-6-20)14(18-19)13-11(16)3-2-4-12(13)17/h2-4,9H,5-8H2,1H3. The van der Waals surface area contributed by atoms with Gasteiger partial charge in [-0.15, -0.1) is 0 Å². The zero-order valence-corrected chi connectivity index (χ0v) is 12.1. The first-order valence-electron chi connectivity index (χ1n) is 6.93. The van der Waals surface area contributed by atoms with Crippen molar-refractivity contribution in [2.24, 2.45) is 7.05 Å². The first-order chi connectivity index (χ1) is 10.6. The van der Waals surface area contributed by atoms with Crippen molar-refractivity contribution in [2.45, 2.75) is 0 Å². The van der Waals surface area contributed by atoms with E-state index in [9.17, 15) is 13.6 Å². The average molecular weight is 307 g/mol. The van der Waals surface area contributed by atoms with Crippen molar-refractivity contribution < 1.29 is 18.3 Å². The van der Waals surface area contributed by atoms with Crippen molar-refractivity contribution in [3.8, 4) is 11.3 Å². The van der Waals surface area contributed by atoms with Gasteiger partial charge in [0.25, 0.3) is 5.91 Å². The maximum Gasteiger partial charge on any atom is 0.257 e. The summed E-state index contributed by atoms with van der Waals surface area (Å²) >= 11 is 0. The van der Waals surface area contributed by atoms with Crippen LogP contribution < -0.4 is 0 Å². The lowest BCUT2D eigenvalue weighted by atomic mass is 10.1. The van der Waals surface area contributed by atoms with Crippen molar-refractivity contribution in [1.29, 1.82) is 0 Å². The van der Waals surface area contributed by atoms with E-state index in [-0.39, 0.29) is 22.7 Å². The molecule has 0 bridgehead atoms. The molecule has 7 heteroatoms. The number of carbonyl (C=O) groups excluding carboxylic acids is 1. The van der Waals surface area contributed by atoms with Crippen molar-refractivity contribution in [3.63, 3.8) is 0 Å². The molecule has 0 spiro atoms. The highest BCUT2D eigenvalue weighted by atomic mass is 19.1. The van der Waals surface area contributed by atoms with Crippen LogP contribution in [0.3, 0.4) is 0 Å². The molecule has 3 rings (SSSR count). The summed E-state index contributed by atoms with van der Waals surface area (Å²) in [6.45, 7) is 1.81. The number of amides is 1. The van der Waals surface area contributed by atoms with Crippen molar-refractivity contribution in [1.82, 2.24) is 14.7 Å². The Morgan fingerprint density at radius 1 is 1.23 bits per heavy atom. The molecule has 0 aliphatic carbocycles. The minimum absolute atomic E-state index is 0.0228. The molecule has 0 atom stereocenters. The molecule has 22 heavy (non-hydrogen) atoms. The number of nitrogens with zero attached hydrogens (tertiary/aromatic N) is 3. The van der Waals surface area contributed by atoms with Gasteiger partial charge in [-0.2, -0.15) is 5.10 Å². The lowest BCUT2D eigenvalue weighted by Gasteiger charge is -2.26. The quantitative estimate of drug-likeness (QED) is 0.850. The third kappa shape index (κ3) is 2.59. The van der Waals surface area contributed by atoms with E-state index in [4.69, 9.17) is 4.74 Å². The van der Waals surface area contributed by atoms with Gasteiger partial charge >= 0.3 is 0 Å². The molecule has 1 aromatic heterocycles. The van der Waals surface area contributed by atoms with Crippen LogP contribution in [0, 0.1) is 11.6 Å². The number of aromatic nitrogens is 2. The van der Waals surface area contributed by atoms with Gasteiger partial charge in [0.05, 0.1) is 24.3 Å². The number of morpholine rings is 1. The fourth-order valence-electron chi connectivity index (χ4n) is 2.49. The Hall–Kier alpha value is -2.28. The molecule has 2 aromatic rings. The molecule has 1 aliphatic rings. The van der Waals surface area contributed by atoms with Crippen LogP contribution in [0.1, 0.15) is 10.4 Å². The molecule has 1 amide bonds. The second-order valence-electron chi connectivity index (χ2n) is 5.07. The lowest BCUT2D eigenvalue weighted by Crippen LogP contribution is -2.40. The van der Waals surface area contributed by atoms with Crippen LogP contribution in [0.2, 0.25) is 0 Å². The number of halogens is 2. The summed E-state index contributed by atoms with van der Waals surface area (Å²) in [5, 5.41) is 4.08. The predicted octanol–water partition coefficient (Wildman–Crippen LogP) is 1.84. The summed E-state index contributed by atoms with van der Waals surface area (Å²) in [5.74, 6) is -1.78. The molecule has 0 saturated carbocycles. The van der Waals surface area contributed by atoms with Gasteiger partial charge in [0.1, 0.15) is 17.3 Å². The molecule has 116 valence electrons. The first-order valence-corrected chi connectivity index (χ1v) is 6.93. The Bertz CT molecular complexity index is 689. The summed E-state index contributed by atoms with van der Waals surface area (Å²) in [6.07, 6.45) is 1.49. The monoisotopic (exact) mass is 307 g/mol. The molecule has 1 fully saturated rings. The summed E-state index contributed by atoms with van der Waals surface area (Å²) in [6, 6.07) is 3.58. The third-order valence-corrected chi connectivity index (χ3v) is 3.56. The Labute approximate surface area is 126 Å². The lowest BCUT2D eigenvalue weighted by molar-refractivity contribution is 0.0303. The van der Waals surface area contributed by atoms with Gasteiger partial charge in [-0.25, -0.2) is 8.78 Å². The smallest absolute Gasteiger partial charge is 0.257 e. The van der Waals surface area contributed by atoms with Crippen LogP contribution in [0.5, 0.6) is 0 Å². The number of aryl methyl sites for hydroxylation is 1. The fraction of sp³-hybridized carbons (Fsp3) is 0.333. The van der Waals surface area contributed by atoms with Crippen LogP contribution in [-0.4, -0.2) is 46.9 Å². The van der Waals surface area contributed by atoms with E-state index in [2.05, 4.69) is 5.10 Å². The van der Waals surface area contributed by atoms with E-state index in [0.717, 1.165) is 12.1 Å². The second kappa shape index (κ2) is 5.84. The Balaban J connectivity index is 2.05. The zero-order chi connectivity index (χ0) is 15.7. The van der Waals surface area contributed by atoms with E-state index < -0.39 is 11.6 Å². The zero-order valence-electron chi connectivity index (χ0n) is 12.1. The first kappa shape index (κ1) is 14.6. The van der Waals surface area contributed by atoms with Crippen molar-refractivity contribution in [2.75, 3.05) is 26.3 Å². The van der Waals surface area contributed by atoms with Crippen LogP contribution in [-0.2, 0) is 11.8 Å². The van der Waals surface area contributed by atoms with Gasteiger partial charge in [-0.1, -0.05) is 6.07 Å². The number of rotatable bonds is 2. The molecule has 1 aromatic carbocycles.